The number of oxazole rings is 1. The van der Waals surface area contributed by atoms with E-state index in [1.165, 1.54) is 24.4 Å². The van der Waals surface area contributed by atoms with Crippen LogP contribution in [0, 0.1) is 6.92 Å². The monoisotopic (exact) mass is 339 g/mol. The molecule has 1 amide bonds. The van der Waals surface area contributed by atoms with Crippen molar-refractivity contribution < 1.29 is 22.4 Å². The second-order valence-electron chi connectivity index (χ2n) is 5.61. The van der Waals surface area contributed by atoms with Gasteiger partial charge in [-0.15, -0.1) is 0 Å². The van der Waals surface area contributed by atoms with Crippen molar-refractivity contribution in [2.24, 2.45) is 0 Å². The van der Waals surface area contributed by atoms with Crippen molar-refractivity contribution in [2.45, 2.75) is 25.7 Å². The Kier molecular flexibility index (Phi) is 4.31. The molecule has 5 nitrogen and oxygen atoms in total. The van der Waals surface area contributed by atoms with E-state index in [1.54, 1.807) is 11.8 Å². The Morgan fingerprint density at radius 2 is 2.12 bits per heavy atom. The zero-order valence-electron chi connectivity index (χ0n) is 12.9. The molecule has 24 heavy (non-hydrogen) atoms. The summed E-state index contributed by atoms with van der Waals surface area (Å²) in [7, 11) is 0. The van der Waals surface area contributed by atoms with Crippen molar-refractivity contribution in [1.29, 1.82) is 0 Å². The lowest BCUT2D eigenvalue weighted by Crippen LogP contribution is -2.50. The van der Waals surface area contributed by atoms with Crippen molar-refractivity contribution in [1.82, 2.24) is 15.2 Å². The van der Waals surface area contributed by atoms with Gasteiger partial charge in [0.2, 0.25) is 11.8 Å². The number of benzene rings is 1. The van der Waals surface area contributed by atoms with Crippen molar-refractivity contribution in [3.63, 3.8) is 0 Å². The highest BCUT2D eigenvalue weighted by Crippen LogP contribution is 2.37. The number of carbonyl (C=O) groups is 1. The summed E-state index contributed by atoms with van der Waals surface area (Å²) in [6.45, 7) is 2.67. The third-order valence-corrected chi connectivity index (χ3v) is 3.88. The lowest BCUT2D eigenvalue weighted by molar-refractivity contribution is -0.140. The maximum absolute atomic E-state index is 13.3. The number of carbonyl (C=O) groups excluding carboxylic acids is 1. The molecule has 2 aromatic rings. The summed E-state index contributed by atoms with van der Waals surface area (Å²) >= 11 is 0. The van der Waals surface area contributed by atoms with Crippen molar-refractivity contribution in [3.05, 3.63) is 53.2 Å². The molecule has 0 radical (unpaired) electrons. The molecule has 0 aliphatic carbocycles. The van der Waals surface area contributed by atoms with Gasteiger partial charge in [0.05, 0.1) is 18.3 Å². The molecule has 3 rings (SSSR count). The lowest BCUT2D eigenvalue weighted by atomic mass is 9.96. The number of piperazine rings is 1. The Bertz CT molecular complexity index is 742. The Hall–Kier alpha value is -2.35. The first-order valence-corrected chi connectivity index (χ1v) is 7.45. The fraction of sp³-hybridized carbons (Fsp3) is 0.375. The smallest absolute Gasteiger partial charge is 0.416 e. The predicted molar refractivity (Wildman–Crippen MR) is 78.8 cm³/mol. The summed E-state index contributed by atoms with van der Waals surface area (Å²) in [5.74, 6) is 0.525. The van der Waals surface area contributed by atoms with E-state index in [0.717, 1.165) is 6.07 Å². The lowest BCUT2D eigenvalue weighted by Gasteiger charge is -2.35. The van der Waals surface area contributed by atoms with Crippen LogP contribution in [-0.4, -0.2) is 28.9 Å². The number of nitrogens with one attached hydrogen (secondary N) is 1. The molecule has 0 spiro atoms. The van der Waals surface area contributed by atoms with Crippen LogP contribution in [0.25, 0.3) is 0 Å². The van der Waals surface area contributed by atoms with Crippen LogP contribution < -0.4 is 5.32 Å². The van der Waals surface area contributed by atoms with Crippen molar-refractivity contribution in [2.75, 3.05) is 13.1 Å². The van der Waals surface area contributed by atoms with Crippen LogP contribution in [0.3, 0.4) is 0 Å². The minimum absolute atomic E-state index is 0.0644. The number of hydrogen-bond donors (Lipinski definition) is 1. The molecule has 1 unspecified atom stereocenters. The molecule has 1 aliphatic heterocycles. The molecule has 0 saturated carbocycles. The molecule has 1 saturated heterocycles. The molecule has 1 aromatic carbocycles. The van der Waals surface area contributed by atoms with Gasteiger partial charge in [-0.2, -0.15) is 13.2 Å². The standard InChI is InChI=1S/C16H16F3N3O2/c1-10-8-21-13(24-10)9-22-7-6-20-15(23)14(22)11-4-2-3-5-12(11)16(17,18)19/h2-5,8,14H,6-7,9H2,1H3,(H,20,23). The molecule has 1 aliphatic rings. The number of halogens is 3. The molecule has 1 fully saturated rings. The van der Waals surface area contributed by atoms with Gasteiger partial charge in [-0.25, -0.2) is 4.98 Å². The van der Waals surface area contributed by atoms with Crippen molar-refractivity contribution >= 4 is 5.91 Å². The first-order valence-electron chi connectivity index (χ1n) is 7.45. The largest absolute Gasteiger partial charge is 0.445 e. The average Bonchev–Trinajstić information content (AvgIpc) is 2.92. The first kappa shape index (κ1) is 16.5. The highest BCUT2D eigenvalue weighted by molar-refractivity contribution is 5.84. The fourth-order valence-corrected chi connectivity index (χ4v) is 2.86. The van der Waals surface area contributed by atoms with Gasteiger partial charge in [-0.05, 0) is 18.6 Å². The van der Waals surface area contributed by atoms with E-state index in [-0.39, 0.29) is 12.1 Å². The second-order valence-corrected chi connectivity index (χ2v) is 5.61. The van der Waals surface area contributed by atoms with E-state index >= 15 is 0 Å². The van der Waals surface area contributed by atoms with E-state index in [0.29, 0.717) is 24.7 Å². The van der Waals surface area contributed by atoms with E-state index in [4.69, 9.17) is 4.42 Å². The molecule has 0 bridgehead atoms. The first-order chi connectivity index (χ1) is 11.4. The third kappa shape index (κ3) is 3.28. The third-order valence-electron chi connectivity index (χ3n) is 3.88. The van der Waals surface area contributed by atoms with Crippen LogP contribution in [0.4, 0.5) is 13.2 Å². The number of hydrogen-bond acceptors (Lipinski definition) is 4. The average molecular weight is 339 g/mol. The minimum atomic E-state index is -4.53. The van der Waals surface area contributed by atoms with E-state index < -0.39 is 23.7 Å². The van der Waals surface area contributed by atoms with E-state index in [2.05, 4.69) is 10.3 Å². The van der Waals surface area contributed by atoms with Crippen LogP contribution in [0.1, 0.15) is 28.8 Å². The quantitative estimate of drug-likeness (QED) is 0.934. The van der Waals surface area contributed by atoms with E-state index in [1.807, 2.05) is 0 Å². The number of amides is 1. The van der Waals surface area contributed by atoms with Gasteiger partial charge in [0.15, 0.2) is 0 Å². The van der Waals surface area contributed by atoms with E-state index in [9.17, 15) is 18.0 Å². The number of nitrogens with zero attached hydrogens (tertiary/aromatic N) is 2. The van der Waals surface area contributed by atoms with Gasteiger partial charge in [0.25, 0.3) is 0 Å². The molecular weight excluding hydrogens is 323 g/mol. The molecular formula is C16H16F3N3O2. The number of rotatable bonds is 3. The summed E-state index contributed by atoms with van der Waals surface area (Å²) in [6.07, 6.45) is -2.99. The molecule has 1 N–H and O–H groups in total. The normalized spacial score (nSPS) is 19.3. The predicted octanol–water partition coefficient (Wildman–Crippen LogP) is 2.67. The Morgan fingerprint density at radius 1 is 1.38 bits per heavy atom. The summed E-state index contributed by atoms with van der Waals surface area (Å²) in [6, 6.07) is 4.11. The van der Waals surface area contributed by atoms with Gasteiger partial charge in [0, 0.05) is 13.1 Å². The highest BCUT2D eigenvalue weighted by Gasteiger charge is 2.40. The van der Waals surface area contributed by atoms with Crippen LogP contribution in [-0.2, 0) is 17.5 Å². The van der Waals surface area contributed by atoms with Crippen LogP contribution in [0.2, 0.25) is 0 Å². The van der Waals surface area contributed by atoms with Crippen LogP contribution >= 0.6 is 0 Å². The SMILES string of the molecule is Cc1cnc(CN2CCNC(=O)C2c2ccccc2C(F)(F)F)o1. The maximum atomic E-state index is 13.3. The summed E-state index contributed by atoms with van der Waals surface area (Å²) in [5.41, 5.74) is -0.869. The Balaban J connectivity index is 1.97. The Morgan fingerprint density at radius 3 is 2.79 bits per heavy atom. The zero-order chi connectivity index (χ0) is 17.3. The topological polar surface area (TPSA) is 58.4 Å². The second kappa shape index (κ2) is 6.27. The molecule has 8 heteroatoms. The molecule has 1 atom stereocenters. The summed E-state index contributed by atoms with van der Waals surface area (Å²) in [5, 5.41) is 2.63. The van der Waals surface area contributed by atoms with Crippen molar-refractivity contribution in [3.8, 4) is 0 Å². The summed E-state index contributed by atoms with van der Waals surface area (Å²) in [4.78, 5) is 18.0. The van der Waals surface area contributed by atoms with Crippen LogP contribution in [0.5, 0.6) is 0 Å². The Labute approximate surface area is 136 Å². The van der Waals surface area contributed by atoms with Gasteiger partial charge >= 0.3 is 6.18 Å². The maximum Gasteiger partial charge on any atom is 0.416 e. The van der Waals surface area contributed by atoms with Gasteiger partial charge in [-0.1, -0.05) is 18.2 Å². The molecule has 2 heterocycles. The van der Waals surface area contributed by atoms with Crippen LogP contribution in [0.15, 0.2) is 34.9 Å². The fourth-order valence-electron chi connectivity index (χ4n) is 2.86. The van der Waals surface area contributed by atoms with Gasteiger partial charge in [0.1, 0.15) is 11.8 Å². The highest BCUT2D eigenvalue weighted by atomic mass is 19.4. The zero-order valence-corrected chi connectivity index (χ0v) is 12.9. The summed E-state index contributed by atoms with van der Waals surface area (Å²) < 4.78 is 45.3. The minimum Gasteiger partial charge on any atom is -0.445 e. The number of alkyl halides is 3. The molecule has 128 valence electrons. The van der Waals surface area contributed by atoms with Gasteiger partial charge in [-0.3, -0.25) is 9.69 Å². The molecule has 1 aromatic heterocycles. The number of aromatic nitrogens is 1. The number of aryl methyl sites for hydroxylation is 1. The van der Waals surface area contributed by atoms with Gasteiger partial charge < -0.3 is 9.73 Å².